The van der Waals surface area contributed by atoms with Crippen molar-refractivity contribution in [2.75, 3.05) is 39.9 Å². The first-order valence-corrected chi connectivity index (χ1v) is 35.5. The van der Waals surface area contributed by atoms with Crippen LogP contribution < -0.4 is 0 Å². The van der Waals surface area contributed by atoms with E-state index in [1.807, 2.05) is 9.13 Å². The summed E-state index contributed by atoms with van der Waals surface area (Å²) in [5, 5.41) is 1.71. The topological polar surface area (TPSA) is 185 Å². The molecule has 0 amide bonds. The van der Waals surface area contributed by atoms with Gasteiger partial charge in [-0.15, -0.1) is 0 Å². The first kappa shape index (κ1) is 64.1. The van der Waals surface area contributed by atoms with Crippen molar-refractivity contribution in [3.8, 4) is 45.3 Å². The number of halogens is 2. The lowest BCUT2D eigenvalue weighted by molar-refractivity contribution is 0.129. The normalized spacial score (nSPS) is 13.3. The summed E-state index contributed by atoms with van der Waals surface area (Å²) in [5.41, 5.74) is 7.57. The Morgan fingerprint density at radius 3 is 1.21 bits per heavy atom. The lowest BCUT2D eigenvalue weighted by atomic mass is 10.1. The van der Waals surface area contributed by atoms with E-state index in [1.54, 1.807) is 63.0 Å². The number of rotatable bonds is 26. The molecule has 0 spiro atoms. The zero-order valence-electron chi connectivity index (χ0n) is 50.5. The molecular formula is C60H82F2N8O8S2Si2. The predicted molar refractivity (Wildman–Crippen MR) is 326 cm³/mol. The van der Waals surface area contributed by atoms with Crippen LogP contribution in [0.5, 0.6) is 0 Å². The largest absolute Gasteiger partial charge is 0.464 e. The van der Waals surface area contributed by atoms with Gasteiger partial charge in [-0.25, -0.2) is 38.7 Å². The summed E-state index contributed by atoms with van der Waals surface area (Å²) in [6.07, 6.45) is 11.9. The Bertz CT molecular complexity index is 3220. The van der Waals surface area contributed by atoms with Crippen LogP contribution in [0.4, 0.5) is 8.78 Å². The van der Waals surface area contributed by atoms with Crippen molar-refractivity contribution in [1.29, 1.82) is 0 Å². The molecule has 0 saturated carbocycles. The summed E-state index contributed by atoms with van der Waals surface area (Å²) in [6.45, 7) is 28.9. The minimum atomic E-state index is -2.01. The average molecular weight is 1200 g/mol. The molecule has 8 rings (SSSR count). The molecule has 8 aromatic rings. The van der Waals surface area contributed by atoms with Gasteiger partial charge in [0.15, 0.2) is 16.6 Å². The molecule has 0 fully saturated rings. The van der Waals surface area contributed by atoms with Crippen LogP contribution in [-0.2, 0) is 66.2 Å². The lowest BCUT2D eigenvalue weighted by Crippen LogP contribution is -2.48. The van der Waals surface area contributed by atoms with E-state index < -0.39 is 49.9 Å². The summed E-state index contributed by atoms with van der Waals surface area (Å²) >= 11 is 0. The van der Waals surface area contributed by atoms with Crippen molar-refractivity contribution in [2.45, 2.75) is 166 Å². The van der Waals surface area contributed by atoms with E-state index in [-0.39, 0.29) is 23.8 Å². The molecule has 0 saturated heterocycles. The number of benzene rings is 2. The summed E-state index contributed by atoms with van der Waals surface area (Å²) in [6, 6.07) is 13.1. The van der Waals surface area contributed by atoms with Gasteiger partial charge in [-0.3, -0.25) is 8.42 Å². The highest BCUT2D eigenvalue weighted by Gasteiger charge is 2.46. The summed E-state index contributed by atoms with van der Waals surface area (Å²) in [7, 11) is -3.60. The summed E-state index contributed by atoms with van der Waals surface area (Å²) in [5.74, 6) is 0.602. The highest BCUT2D eigenvalue weighted by molar-refractivity contribution is 7.84. The number of aromatic nitrogens is 8. The molecule has 0 radical (unpaired) electrons. The molecule has 2 aromatic carbocycles. The van der Waals surface area contributed by atoms with Gasteiger partial charge >= 0.3 is 0 Å². The van der Waals surface area contributed by atoms with E-state index in [0.717, 1.165) is 24.5 Å². The van der Waals surface area contributed by atoms with Gasteiger partial charge in [-0.2, -0.15) is 0 Å². The van der Waals surface area contributed by atoms with Crippen LogP contribution >= 0.6 is 0 Å². The predicted octanol–water partition coefficient (Wildman–Crippen LogP) is 14.7. The van der Waals surface area contributed by atoms with Crippen molar-refractivity contribution >= 4 is 60.2 Å². The highest BCUT2D eigenvalue weighted by atomic mass is 32.2. The second-order valence-electron chi connectivity index (χ2n) is 22.6. The van der Waals surface area contributed by atoms with Crippen LogP contribution in [0.2, 0.25) is 33.2 Å². The van der Waals surface area contributed by atoms with Crippen molar-refractivity contribution in [3.05, 3.63) is 96.7 Å². The lowest BCUT2D eigenvalue weighted by Gasteiger charge is -2.42. The Morgan fingerprint density at radius 1 is 0.537 bits per heavy atom. The maximum Gasteiger partial charge on any atom is 0.218 e. The Labute approximate surface area is 488 Å². The maximum absolute atomic E-state index is 15.6. The molecule has 0 aliphatic rings. The van der Waals surface area contributed by atoms with Crippen LogP contribution in [-0.4, -0.2) is 104 Å². The van der Waals surface area contributed by atoms with E-state index in [1.165, 1.54) is 37.2 Å². The summed E-state index contributed by atoms with van der Waals surface area (Å²) < 4.78 is 95.3. The van der Waals surface area contributed by atoms with Crippen molar-refractivity contribution in [3.63, 3.8) is 0 Å². The van der Waals surface area contributed by atoms with E-state index >= 15 is 8.78 Å². The molecule has 6 heterocycles. The van der Waals surface area contributed by atoms with Crippen LogP contribution in [0, 0.1) is 11.6 Å². The molecule has 0 aliphatic heterocycles. The minimum Gasteiger partial charge on any atom is -0.464 e. The van der Waals surface area contributed by atoms with Gasteiger partial charge in [0.2, 0.25) is 10.3 Å². The number of hydrogen-bond donors (Lipinski definition) is 0. The van der Waals surface area contributed by atoms with E-state index in [2.05, 4.69) is 103 Å². The van der Waals surface area contributed by atoms with Gasteiger partial charge in [-0.1, -0.05) is 83.1 Å². The third-order valence-electron chi connectivity index (χ3n) is 15.7. The number of aryl methyl sites for hydroxylation is 2. The van der Waals surface area contributed by atoms with Crippen LogP contribution in [0.15, 0.2) is 92.6 Å². The Kier molecular flexibility index (Phi) is 21.8. The van der Waals surface area contributed by atoms with Gasteiger partial charge in [-0.05, 0) is 94.6 Å². The monoisotopic (exact) mass is 1200 g/mol. The standard InChI is InChI=1S/2C30H41FN4O4SSi/c2*1-19(2)41(20(3)4,21(5)6)39-14-9-10-27-34-28(23-17-26-22(12-15-38-26)16-24(23)31)29(35(27)18-37-7)25-11-13-32-30(33-25)40(8)36/h2*11-13,15-17,19-21H,9-10,14,18H2,1-8H3. The third-order valence-corrected chi connectivity index (χ3v) is 29.3. The molecule has 0 N–H and O–H groups in total. The average Bonchev–Trinajstić information content (AvgIpc) is 4.37. The third kappa shape index (κ3) is 13.5. The number of furan rings is 2. The maximum atomic E-state index is 15.6. The summed E-state index contributed by atoms with van der Waals surface area (Å²) in [4.78, 5) is 27.4. The fourth-order valence-corrected chi connectivity index (χ4v) is 24.2. The zero-order valence-corrected chi connectivity index (χ0v) is 54.1. The number of imidazole rings is 2. The molecule has 22 heteroatoms. The molecule has 82 heavy (non-hydrogen) atoms. The zero-order chi connectivity index (χ0) is 59.8. The number of fused-ring (bicyclic) bond motifs is 2. The number of ether oxygens (including phenoxy) is 2. The van der Waals surface area contributed by atoms with Crippen molar-refractivity contribution in [1.82, 2.24) is 39.0 Å². The van der Waals surface area contributed by atoms with Crippen LogP contribution in [0.25, 0.3) is 67.2 Å². The van der Waals surface area contributed by atoms with Crippen LogP contribution in [0.1, 0.15) is 108 Å². The highest BCUT2D eigenvalue weighted by Crippen LogP contribution is 2.44. The molecule has 16 nitrogen and oxygen atoms in total. The number of hydrogen-bond acceptors (Lipinski definition) is 14. The van der Waals surface area contributed by atoms with Gasteiger partial charge in [0, 0.05) is 87.1 Å². The van der Waals surface area contributed by atoms with E-state index in [4.69, 9.17) is 37.1 Å². The number of nitrogens with zero attached hydrogens (tertiary/aromatic N) is 8. The van der Waals surface area contributed by atoms with Gasteiger partial charge < -0.3 is 36.3 Å². The minimum absolute atomic E-state index is 0.181. The van der Waals surface area contributed by atoms with Gasteiger partial charge in [0.1, 0.15) is 59.3 Å². The van der Waals surface area contributed by atoms with Crippen LogP contribution in [0.3, 0.4) is 0 Å². The fourth-order valence-electron chi connectivity index (χ4n) is 12.3. The Morgan fingerprint density at radius 2 is 0.890 bits per heavy atom. The molecule has 2 atom stereocenters. The quantitative estimate of drug-likeness (QED) is 0.0283. The SMILES string of the molecule is COCn1c(CCCO[Si](C(C)C)(C(C)C)C(C)C)nc(-c2cc3occc3cc2F)c1-c1ccnc(S(C)=O)n1.COCn1c(CCCO[Si](C(C)C)(C(C)C)C(C)C)nc(-c2cc3occc3cc2F)c1-c1ccnc(S(C)=O)n1. The molecule has 2 unspecified atom stereocenters. The Hall–Kier alpha value is -5.47. The van der Waals surface area contributed by atoms with Gasteiger partial charge in [0.25, 0.3) is 0 Å². The molecule has 444 valence electrons. The van der Waals surface area contributed by atoms with Crippen molar-refractivity contribution in [2.24, 2.45) is 0 Å². The first-order valence-electron chi connectivity index (χ1n) is 28.1. The molecule has 0 aliphatic carbocycles. The number of methoxy groups -OCH3 is 2. The van der Waals surface area contributed by atoms with Crippen molar-refractivity contribution < 1.29 is 44.4 Å². The molecular weight excluding hydrogens is 1120 g/mol. The first-order chi connectivity index (χ1) is 39.0. The molecule has 0 bridgehead atoms. The van der Waals surface area contributed by atoms with E-state index in [0.29, 0.717) is 127 Å². The fraction of sp³-hybridized carbons (Fsp3) is 0.500. The second kappa shape index (κ2) is 27.9. The Balaban J connectivity index is 0.000000236. The second-order valence-corrected chi connectivity index (χ2v) is 36.1. The smallest absolute Gasteiger partial charge is 0.218 e. The van der Waals surface area contributed by atoms with Gasteiger partial charge in [0.05, 0.1) is 56.9 Å². The molecule has 6 aromatic heterocycles. The van der Waals surface area contributed by atoms with E-state index in [9.17, 15) is 8.42 Å².